The average molecular weight is 287 g/mol. The number of carbonyl (C=O) groups is 1. The molecule has 0 bridgehead atoms. The fraction of sp³-hybridized carbons (Fsp3) is 0.500. The van der Waals surface area contributed by atoms with Gasteiger partial charge in [0.15, 0.2) is 0 Å². The molecule has 2 unspecified atom stereocenters. The Balaban J connectivity index is 2.42. The van der Waals surface area contributed by atoms with Crippen molar-refractivity contribution in [1.82, 2.24) is 4.90 Å². The van der Waals surface area contributed by atoms with Crippen molar-refractivity contribution in [2.75, 3.05) is 20.3 Å². The summed E-state index contributed by atoms with van der Waals surface area (Å²) < 4.78 is 5.11. The Hall–Kier alpha value is -1.90. The molecule has 5 heteroatoms. The summed E-state index contributed by atoms with van der Waals surface area (Å²) in [6.07, 6.45) is 2.07. The molecular formula is C16H21N3O2. The van der Waals surface area contributed by atoms with E-state index in [1.807, 2.05) is 18.2 Å². The Kier molecular flexibility index (Phi) is 5.32. The quantitative estimate of drug-likeness (QED) is 0.912. The van der Waals surface area contributed by atoms with Gasteiger partial charge in [0, 0.05) is 26.1 Å². The maximum Gasteiger partial charge on any atom is 0.223 e. The predicted octanol–water partition coefficient (Wildman–Crippen LogP) is 1.59. The first kappa shape index (κ1) is 15.5. The van der Waals surface area contributed by atoms with Crippen LogP contribution in [0.3, 0.4) is 0 Å². The lowest BCUT2D eigenvalue weighted by Crippen LogP contribution is -2.44. The number of nitriles is 1. The number of likely N-dealkylation sites (tertiary alicyclic amines) is 1. The number of hydrogen-bond acceptors (Lipinski definition) is 4. The minimum absolute atomic E-state index is 0.0812. The number of ether oxygens (including phenoxy) is 1. The number of benzene rings is 1. The highest BCUT2D eigenvalue weighted by Crippen LogP contribution is 2.31. The molecule has 1 heterocycles. The second-order valence-electron chi connectivity index (χ2n) is 5.28. The van der Waals surface area contributed by atoms with Gasteiger partial charge in [0.05, 0.1) is 24.3 Å². The van der Waals surface area contributed by atoms with Crippen molar-refractivity contribution in [2.24, 2.45) is 5.73 Å². The van der Waals surface area contributed by atoms with Gasteiger partial charge in [0.2, 0.25) is 5.91 Å². The number of hydrogen-bond donors (Lipinski definition) is 1. The van der Waals surface area contributed by atoms with Gasteiger partial charge in [-0.25, -0.2) is 0 Å². The minimum atomic E-state index is -0.258. The Morgan fingerprint density at radius 1 is 1.48 bits per heavy atom. The third-order valence-electron chi connectivity index (χ3n) is 3.93. The van der Waals surface area contributed by atoms with Gasteiger partial charge >= 0.3 is 0 Å². The maximum absolute atomic E-state index is 12.4. The summed E-state index contributed by atoms with van der Waals surface area (Å²) in [5.41, 5.74) is 7.73. The van der Waals surface area contributed by atoms with Gasteiger partial charge in [0.1, 0.15) is 0 Å². The second kappa shape index (κ2) is 7.21. The molecule has 1 aliphatic rings. The molecule has 112 valence electrons. The van der Waals surface area contributed by atoms with E-state index in [0.717, 1.165) is 18.4 Å². The molecule has 5 nitrogen and oxygen atoms in total. The van der Waals surface area contributed by atoms with Crippen LogP contribution >= 0.6 is 0 Å². The summed E-state index contributed by atoms with van der Waals surface area (Å²) >= 11 is 0. The van der Waals surface area contributed by atoms with Crippen molar-refractivity contribution in [3.8, 4) is 6.07 Å². The molecule has 1 fully saturated rings. The van der Waals surface area contributed by atoms with Crippen LogP contribution in [0.1, 0.15) is 36.4 Å². The van der Waals surface area contributed by atoms with E-state index in [1.54, 1.807) is 18.1 Å². The van der Waals surface area contributed by atoms with E-state index >= 15 is 0 Å². The summed E-state index contributed by atoms with van der Waals surface area (Å²) in [4.78, 5) is 14.2. The molecule has 1 saturated heterocycles. The number of nitrogens with zero attached hydrogens (tertiary/aromatic N) is 2. The van der Waals surface area contributed by atoms with Crippen LogP contribution in [-0.2, 0) is 9.53 Å². The number of nitrogens with two attached hydrogens (primary N) is 1. The van der Waals surface area contributed by atoms with E-state index in [1.165, 1.54) is 0 Å². The smallest absolute Gasteiger partial charge is 0.223 e. The number of methoxy groups -OCH3 is 1. The van der Waals surface area contributed by atoms with Crippen LogP contribution in [0.25, 0.3) is 0 Å². The summed E-state index contributed by atoms with van der Waals surface area (Å²) in [6, 6.07) is 9.14. The van der Waals surface area contributed by atoms with Crippen molar-refractivity contribution < 1.29 is 9.53 Å². The van der Waals surface area contributed by atoms with Gasteiger partial charge in [-0.1, -0.05) is 18.2 Å². The standard InChI is InChI=1S/C16H21N3O2/c1-21-10-9-19-15(20)8-4-7-14(18)16(19)13-6-3-2-5-12(13)11-17/h2-3,5-6,14,16H,4,7-10,18H2,1H3. The zero-order valence-corrected chi connectivity index (χ0v) is 12.3. The summed E-state index contributed by atoms with van der Waals surface area (Å²) in [7, 11) is 1.61. The second-order valence-corrected chi connectivity index (χ2v) is 5.28. The van der Waals surface area contributed by atoms with Gasteiger partial charge in [-0.2, -0.15) is 5.26 Å². The van der Waals surface area contributed by atoms with Crippen molar-refractivity contribution in [3.05, 3.63) is 35.4 Å². The lowest BCUT2D eigenvalue weighted by atomic mass is 9.93. The van der Waals surface area contributed by atoms with Crippen molar-refractivity contribution in [1.29, 1.82) is 5.26 Å². The molecule has 1 aromatic carbocycles. The molecule has 0 aromatic heterocycles. The van der Waals surface area contributed by atoms with E-state index in [9.17, 15) is 10.1 Å². The molecule has 21 heavy (non-hydrogen) atoms. The third kappa shape index (κ3) is 3.41. The summed E-state index contributed by atoms with van der Waals surface area (Å²) in [6.45, 7) is 0.955. The lowest BCUT2D eigenvalue weighted by molar-refractivity contribution is -0.134. The van der Waals surface area contributed by atoms with Crippen molar-refractivity contribution in [2.45, 2.75) is 31.3 Å². The number of rotatable bonds is 4. The SMILES string of the molecule is COCCN1C(=O)CCCC(N)C1c1ccccc1C#N. The Morgan fingerprint density at radius 3 is 2.95 bits per heavy atom. The highest BCUT2D eigenvalue weighted by Gasteiger charge is 2.33. The Labute approximate surface area is 125 Å². The first-order valence-corrected chi connectivity index (χ1v) is 7.22. The van der Waals surface area contributed by atoms with E-state index in [4.69, 9.17) is 10.5 Å². The van der Waals surface area contributed by atoms with Gasteiger partial charge < -0.3 is 15.4 Å². The molecule has 0 radical (unpaired) electrons. The third-order valence-corrected chi connectivity index (χ3v) is 3.93. The van der Waals surface area contributed by atoms with Crippen LogP contribution in [0.15, 0.2) is 24.3 Å². The van der Waals surface area contributed by atoms with E-state index < -0.39 is 0 Å². The topological polar surface area (TPSA) is 79.3 Å². The maximum atomic E-state index is 12.4. The molecular weight excluding hydrogens is 266 g/mol. The van der Waals surface area contributed by atoms with Crippen LogP contribution in [-0.4, -0.2) is 37.1 Å². The summed E-state index contributed by atoms with van der Waals surface area (Å²) in [5, 5.41) is 9.31. The Bertz CT molecular complexity index is 539. The van der Waals surface area contributed by atoms with E-state index in [2.05, 4.69) is 6.07 Å². The first-order valence-electron chi connectivity index (χ1n) is 7.22. The van der Waals surface area contributed by atoms with Crippen LogP contribution in [0.2, 0.25) is 0 Å². The van der Waals surface area contributed by atoms with Gasteiger partial charge in [0.25, 0.3) is 0 Å². The lowest BCUT2D eigenvalue weighted by Gasteiger charge is -2.34. The number of amides is 1. The highest BCUT2D eigenvalue weighted by molar-refractivity contribution is 5.77. The van der Waals surface area contributed by atoms with Crippen LogP contribution in [0.4, 0.5) is 0 Å². The van der Waals surface area contributed by atoms with Crippen molar-refractivity contribution in [3.63, 3.8) is 0 Å². The van der Waals surface area contributed by atoms with Crippen LogP contribution < -0.4 is 5.73 Å². The molecule has 1 amide bonds. The van der Waals surface area contributed by atoms with Crippen LogP contribution in [0.5, 0.6) is 0 Å². The normalized spacial score (nSPS) is 22.7. The fourth-order valence-corrected chi connectivity index (χ4v) is 2.89. The molecule has 2 N–H and O–H groups in total. The van der Waals surface area contributed by atoms with Gasteiger partial charge in [-0.3, -0.25) is 4.79 Å². The first-order chi connectivity index (χ1) is 10.2. The molecule has 2 atom stereocenters. The molecule has 1 aromatic rings. The fourth-order valence-electron chi connectivity index (χ4n) is 2.89. The van der Waals surface area contributed by atoms with E-state index in [0.29, 0.717) is 25.1 Å². The van der Waals surface area contributed by atoms with Gasteiger partial charge in [-0.05, 0) is 24.5 Å². The summed E-state index contributed by atoms with van der Waals surface area (Å²) in [5.74, 6) is 0.0812. The zero-order valence-electron chi connectivity index (χ0n) is 12.3. The molecule has 2 rings (SSSR count). The molecule has 0 spiro atoms. The Morgan fingerprint density at radius 2 is 2.24 bits per heavy atom. The molecule has 0 saturated carbocycles. The largest absolute Gasteiger partial charge is 0.383 e. The monoisotopic (exact) mass is 287 g/mol. The average Bonchev–Trinajstić information content (AvgIpc) is 2.64. The molecule has 0 aliphatic carbocycles. The minimum Gasteiger partial charge on any atom is -0.383 e. The predicted molar refractivity (Wildman–Crippen MR) is 79.3 cm³/mol. The molecule has 1 aliphatic heterocycles. The number of carbonyl (C=O) groups excluding carboxylic acids is 1. The zero-order chi connectivity index (χ0) is 15.2. The van der Waals surface area contributed by atoms with E-state index in [-0.39, 0.29) is 18.0 Å². The highest BCUT2D eigenvalue weighted by atomic mass is 16.5. The van der Waals surface area contributed by atoms with Crippen LogP contribution in [0, 0.1) is 11.3 Å². The van der Waals surface area contributed by atoms with Gasteiger partial charge in [-0.15, -0.1) is 0 Å². The van der Waals surface area contributed by atoms with Crippen molar-refractivity contribution >= 4 is 5.91 Å².